The van der Waals surface area contributed by atoms with E-state index in [4.69, 9.17) is 9.72 Å². The first kappa shape index (κ1) is 23.1. The van der Waals surface area contributed by atoms with Crippen molar-refractivity contribution in [2.75, 3.05) is 38.1 Å². The molecule has 2 aromatic carbocycles. The molecule has 1 fully saturated rings. The molecule has 1 unspecified atom stereocenters. The number of ether oxygens (including phenoxy) is 1. The lowest BCUT2D eigenvalue weighted by Crippen LogP contribution is -2.35. The lowest BCUT2D eigenvalue weighted by molar-refractivity contribution is 0.203. The zero-order valence-electron chi connectivity index (χ0n) is 20.0. The molecule has 1 saturated heterocycles. The fraction of sp³-hybridized carbons (Fsp3) is 0.462. The van der Waals surface area contributed by atoms with Crippen LogP contribution in [0.1, 0.15) is 45.5 Å². The summed E-state index contributed by atoms with van der Waals surface area (Å²) in [6, 6.07) is 15.7. The second-order valence-corrected chi connectivity index (χ2v) is 8.36. The maximum Gasteiger partial charge on any atom is 0.322 e. The quantitative estimate of drug-likeness (QED) is 0.491. The number of carbonyl (C=O) groups excluding carboxylic acids is 1. The molecule has 7 heteroatoms. The molecule has 0 aliphatic carbocycles. The van der Waals surface area contributed by atoms with Crippen molar-refractivity contribution >= 4 is 22.8 Å². The molecular weight excluding hydrogens is 414 g/mol. The van der Waals surface area contributed by atoms with Gasteiger partial charge >= 0.3 is 6.03 Å². The number of likely N-dealkylation sites (N-methyl/N-ethyl adjacent to an activating group) is 1. The summed E-state index contributed by atoms with van der Waals surface area (Å²) in [6.07, 6.45) is 1.88. The highest BCUT2D eigenvalue weighted by Crippen LogP contribution is 2.34. The Bertz CT molecular complexity index is 1080. The first-order chi connectivity index (χ1) is 16.2. The van der Waals surface area contributed by atoms with E-state index in [1.807, 2.05) is 47.4 Å². The molecular formula is C26H35N5O2. The molecule has 2 amide bonds. The maximum atomic E-state index is 13.4. The number of aryl methyl sites for hydroxylation is 1. The lowest BCUT2D eigenvalue weighted by atomic mass is 10.2. The average molecular weight is 450 g/mol. The topological polar surface area (TPSA) is 62.6 Å². The Labute approximate surface area is 196 Å². The number of benzene rings is 2. The van der Waals surface area contributed by atoms with Gasteiger partial charge in [0, 0.05) is 19.6 Å². The van der Waals surface area contributed by atoms with Crippen molar-refractivity contribution in [2.45, 2.75) is 46.2 Å². The fourth-order valence-corrected chi connectivity index (χ4v) is 4.67. The Morgan fingerprint density at radius 3 is 2.67 bits per heavy atom. The van der Waals surface area contributed by atoms with Gasteiger partial charge in [0.05, 0.1) is 22.8 Å². The van der Waals surface area contributed by atoms with Crippen molar-refractivity contribution in [3.8, 4) is 5.75 Å². The highest BCUT2D eigenvalue weighted by Gasteiger charge is 2.34. The van der Waals surface area contributed by atoms with Crippen molar-refractivity contribution in [3.05, 3.63) is 54.4 Å². The Morgan fingerprint density at radius 2 is 1.88 bits per heavy atom. The third-order valence-corrected chi connectivity index (χ3v) is 6.50. The molecule has 1 aliphatic rings. The predicted octanol–water partition coefficient (Wildman–Crippen LogP) is 5.15. The molecule has 0 radical (unpaired) electrons. The molecule has 1 N–H and O–H groups in total. The van der Waals surface area contributed by atoms with E-state index in [9.17, 15) is 4.79 Å². The lowest BCUT2D eigenvalue weighted by Gasteiger charge is -2.26. The molecule has 1 aromatic heterocycles. The highest BCUT2D eigenvalue weighted by molar-refractivity contribution is 5.91. The van der Waals surface area contributed by atoms with Gasteiger partial charge in [-0.3, -0.25) is 0 Å². The fourth-order valence-electron chi connectivity index (χ4n) is 4.67. The summed E-state index contributed by atoms with van der Waals surface area (Å²) < 4.78 is 8.26. The number of nitrogens with zero attached hydrogens (tertiary/aromatic N) is 4. The predicted molar refractivity (Wildman–Crippen MR) is 133 cm³/mol. The minimum Gasteiger partial charge on any atom is -0.490 e. The summed E-state index contributed by atoms with van der Waals surface area (Å²) in [5, 5.41) is 3.10. The highest BCUT2D eigenvalue weighted by atomic mass is 16.5. The number of anilines is 1. The molecule has 33 heavy (non-hydrogen) atoms. The number of urea groups is 1. The normalized spacial score (nSPS) is 16.0. The van der Waals surface area contributed by atoms with Gasteiger partial charge in [-0.25, -0.2) is 9.78 Å². The van der Waals surface area contributed by atoms with Gasteiger partial charge in [-0.05, 0) is 57.1 Å². The van der Waals surface area contributed by atoms with E-state index in [0.717, 1.165) is 55.9 Å². The summed E-state index contributed by atoms with van der Waals surface area (Å²) in [7, 11) is 0. The number of fused-ring (bicyclic) bond motifs is 1. The largest absolute Gasteiger partial charge is 0.490 e. The van der Waals surface area contributed by atoms with Gasteiger partial charge < -0.3 is 24.4 Å². The van der Waals surface area contributed by atoms with Crippen LogP contribution in [0.15, 0.2) is 48.5 Å². The number of rotatable bonds is 9. The summed E-state index contributed by atoms with van der Waals surface area (Å²) in [5.41, 5.74) is 2.81. The van der Waals surface area contributed by atoms with Gasteiger partial charge in [0.15, 0.2) is 0 Å². The van der Waals surface area contributed by atoms with E-state index in [-0.39, 0.29) is 12.1 Å². The standard InChI is InChI=1S/C26H35N5O2/c1-4-29(5-2)18-19-33-24-16-10-8-13-21(24)28-26(32)31-17-11-15-23(31)25-27-20-12-7-9-14-22(20)30(25)6-3/h7-10,12-14,16,23H,4-6,11,15,17-19H2,1-3H3,(H,28,32). The van der Waals surface area contributed by atoms with Gasteiger partial charge in [-0.1, -0.05) is 38.1 Å². The number of hydrogen-bond donors (Lipinski definition) is 1. The second kappa shape index (κ2) is 10.7. The Kier molecular flexibility index (Phi) is 7.50. The van der Waals surface area contributed by atoms with E-state index in [1.54, 1.807) is 0 Å². The van der Waals surface area contributed by atoms with Gasteiger partial charge in [0.25, 0.3) is 0 Å². The van der Waals surface area contributed by atoms with Gasteiger partial charge in [0.2, 0.25) is 0 Å². The molecule has 7 nitrogen and oxygen atoms in total. The van der Waals surface area contributed by atoms with E-state index in [1.165, 1.54) is 0 Å². The second-order valence-electron chi connectivity index (χ2n) is 8.36. The van der Waals surface area contributed by atoms with Gasteiger partial charge in [-0.2, -0.15) is 0 Å². The van der Waals surface area contributed by atoms with Crippen LogP contribution in [0.25, 0.3) is 11.0 Å². The molecule has 1 atom stereocenters. The summed E-state index contributed by atoms with van der Waals surface area (Å²) >= 11 is 0. The number of hydrogen-bond acceptors (Lipinski definition) is 4. The van der Waals surface area contributed by atoms with Crippen molar-refractivity contribution in [1.82, 2.24) is 19.4 Å². The third-order valence-electron chi connectivity index (χ3n) is 6.50. The van der Waals surface area contributed by atoms with E-state index >= 15 is 0 Å². The molecule has 0 spiro atoms. The van der Waals surface area contributed by atoms with Crippen molar-refractivity contribution in [2.24, 2.45) is 0 Å². The number of para-hydroxylation sites is 4. The van der Waals surface area contributed by atoms with Crippen molar-refractivity contribution < 1.29 is 9.53 Å². The Balaban J connectivity index is 1.49. The molecule has 1 aliphatic heterocycles. The summed E-state index contributed by atoms with van der Waals surface area (Å²) in [6.45, 7) is 11.4. The van der Waals surface area contributed by atoms with Crippen LogP contribution in [-0.2, 0) is 6.54 Å². The van der Waals surface area contributed by atoms with Gasteiger partial charge in [-0.15, -0.1) is 0 Å². The molecule has 3 aromatic rings. The Morgan fingerprint density at radius 1 is 1.12 bits per heavy atom. The minimum atomic E-state index is -0.105. The smallest absolute Gasteiger partial charge is 0.322 e. The van der Waals surface area contributed by atoms with E-state index < -0.39 is 0 Å². The molecule has 4 rings (SSSR count). The van der Waals surface area contributed by atoms with Crippen LogP contribution in [0, 0.1) is 0 Å². The van der Waals surface area contributed by atoms with E-state index in [2.05, 4.69) is 41.6 Å². The number of amides is 2. The number of aromatic nitrogens is 2. The number of carbonyl (C=O) groups is 1. The van der Waals surface area contributed by atoms with Gasteiger partial charge in [0.1, 0.15) is 18.2 Å². The van der Waals surface area contributed by atoms with Crippen LogP contribution in [0.2, 0.25) is 0 Å². The average Bonchev–Trinajstić information content (AvgIpc) is 3.47. The number of likely N-dealkylation sites (tertiary alicyclic amines) is 1. The van der Waals surface area contributed by atoms with Crippen LogP contribution >= 0.6 is 0 Å². The van der Waals surface area contributed by atoms with Crippen LogP contribution in [0.5, 0.6) is 5.75 Å². The minimum absolute atomic E-state index is 0.0342. The third kappa shape index (κ3) is 4.98. The summed E-state index contributed by atoms with van der Waals surface area (Å²) in [4.78, 5) is 22.5. The zero-order chi connectivity index (χ0) is 23.2. The van der Waals surface area contributed by atoms with Crippen LogP contribution in [0.3, 0.4) is 0 Å². The molecule has 176 valence electrons. The van der Waals surface area contributed by atoms with Crippen LogP contribution in [0.4, 0.5) is 10.5 Å². The molecule has 0 saturated carbocycles. The van der Waals surface area contributed by atoms with Crippen LogP contribution < -0.4 is 10.1 Å². The van der Waals surface area contributed by atoms with Crippen molar-refractivity contribution in [1.29, 1.82) is 0 Å². The molecule has 2 heterocycles. The SMILES string of the molecule is CCN(CC)CCOc1ccccc1NC(=O)N1CCCC1c1nc2ccccc2n1CC. The first-order valence-corrected chi connectivity index (χ1v) is 12.1. The van der Waals surface area contributed by atoms with Crippen molar-refractivity contribution in [3.63, 3.8) is 0 Å². The van der Waals surface area contributed by atoms with E-state index in [0.29, 0.717) is 24.6 Å². The number of nitrogens with one attached hydrogen (secondary N) is 1. The summed E-state index contributed by atoms with van der Waals surface area (Å²) in [5.74, 6) is 1.67. The Hall–Kier alpha value is -3.06. The first-order valence-electron chi connectivity index (χ1n) is 12.1. The molecule has 0 bridgehead atoms. The number of imidazole rings is 1. The maximum absolute atomic E-state index is 13.4. The monoisotopic (exact) mass is 449 g/mol. The van der Waals surface area contributed by atoms with Crippen LogP contribution in [-0.4, -0.2) is 58.2 Å². The zero-order valence-corrected chi connectivity index (χ0v) is 20.0.